The third kappa shape index (κ3) is 6.99. The summed E-state index contributed by atoms with van der Waals surface area (Å²) in [6.45, 7) is 0. The molecule has 0 N–H and O–H groups in total. The van der Waals surface area contributed by atoms with Crippen molar-refractivity contribution in [2.75, 3.05) is 0 Å². The minimum absolute atomic E-state index is 0.923. The third-order valence-corrected chi connectivity index (χ3v) is 2.52. The van der Waals surface area contributed by atoms with Crippen LogP contribution in [0.2, 0.25) is 0 Å². The lowest BCUT2D eigenvalue weighted by atomic mass is 10.3. The lowest BCUT2D eigenvalue weighted by Gasteiger charge is -1.83. The van der Waals surface area contributed by atoms with E-state index < -0.39 is 0 Å². The first-order valence-corrected chi connectivity index (χ1v) is 7.07. The lowest BCUT2D eigenvalue weighted by molar-refractivity contribution is 1.65. The molecule has 2 rings (SSSR count). The van der Waals surface area contributed by atoms with Crippen LogP contribution in [0.25, 0.3) is 0 Å². The summed E-state index contributed by atoms with van der Waals surface area (Å²) < 4.78 is 0. The van der Waals surface area contributed by atoms with Crippen LogP contribution in [0.4, 0.5) is 0 Å². The van der Waals surface area contributed by atoms with Crippen molar-refractivity contribution in [1.82, 2.24) is 0 Å². The van der Waals surface area contributed by atoms with Crippen molar-refractivity contribution in [3.05, 3.63) is 71.8 Å². The van der Waals surface area contributed by atoms with Crippen LogP contribution in [0.1, 0.15) is 11.1 Å². The van der Waals surface area contributed by atoms with Crippen LogP contribution in [0.5, 0.6) is 0 Å². The van der Waals surface area contributed by atoms with Gasteiger partial charge in [-0.15, -0.1) is 0 Å². The number of rotatable bonds is 0. The van der Waals surface area contributed by atoms with Gasteiger partial charge in [0, 0.05) is 11.1 Å². The van der Waals surface area contributed by atoms with Crippen LogP contribution in [-0.2, 0) is 0 Å². The Kier molecular flexibility index (Phi) is 7.09. The van der Waals surface area contributed by atoms with Crippen LogP contribution < -0.4 is 0 Å². The van der Waals surface area contributed by atoms with Gasteiger partial charge in [0.25, 0.3) is 0 Å². The summed E-state index contributed by atoms with van der Waals surface area (Å²) >= 11 is 0. The molecular formula is C24H10. The van der Waals surface area contributed by atoms with Crippen LogP contribution in [0.3, 0.4) is 0 Å². The maximum Gasteiger partial charge on any atom is 0.0255 e. The monoisotopic (exact) mass is 300 g/mol. The molecule has 2 aromatic rings. The van der Waals surface area contributed by atoms with Gasteiger partial charge in [-0.25, -0.2) is 0 Å². The van der Waals surface area contributed by atoms with Gasteiger partial charge in [0.15, 0.2) is 0 Å². The van der Waals surface area contributed by atoms with Gasteiger partial charge in [0.2, 0.25) is 0 Å². The zero-order valence-electron chi connectivity index (χ0n) is 12.8. The Morgan fingerprint density at radius 1 is 0.333 bits per heavy atom. The minimum atomic E-state index is 0.923. The summed E-state index contributed by atoms with van der Waals surface area (Å²) in [7, 11) is 0. The van der Waals surface area contributed by atoms with Crippen LogP contribution in [0, 0.1) is 71.0 Å². The average molecular weight is 300 g/mol. The van der Waals surface area contributed by atoms with Crippen molar-refractivity contribution >= 4 is 0 Å². The molecular weight excluding hydrogens is 290 g/mol. The predicted molar refractivity (Wildman–Crippen MR) is 97.7 cm³/mol. The molecule has 0 nitrogen and oxygen atoms in total. The quantitative estimate of drug-likeness (QED) is 0.518. The first-order chi connectivity index (χ1) is 11.9. The molecule has 0 aliphatic rings. The summed E-state index contributed by atoms with van der Waals surface area (Å²) in [5.41, 5.74) is 1.85. The fraction of sp³-hybridized carbons (Fsp3) is 0. The van der Waals surface area contributed by atoms with E-state index in [1.54, 1.807) is 0 Å². The van der Waals surface area contributed by atoms with E-state index in [-0.39, 0.29) is 0 Å². The molecule has 0 fully saturated rings. The normalized spacial score (nSPS) is 6.83. The summed E-state index contributed by atoms with van der Waals surface area (Å²) in [6.07, 6.45) is 0. The molecule has 0 saturated heterocycles. The molecule has 0 saturated carbocycles. The third-order valence-electron chi connectivity index (χ3n) is 2.52. The number of benzene rings is 2. The smallest absolute Gasteiger partial charge is 0.0255 e. The molecule has 0 unspecified atom stereocenters. The van der Waals surface area contributed by atoms with E-state index in [0.717, 1.165) is 11.1 Å². The SMILES string of the molecule is C(C#CC#CC#[13C]c1ccccc1)#CC#CC#[13C]c1ccccc1. The highest BCUT2D eigenvalue weighted by atomic mass is 14.1. The summed E-state index contributed by atoms with van der Waals surface area (Å²) in [5.74, 6) is 32.2. The highest BCUT2D eigenvalue weighted by Gasteiger charge is 1.79. The predicted octanol–water partition coefficient (Wildman–Crippen LogP) is 3.10. The maximum absolute atomic E-state index is 2.92. The average Bonchev–Trinajstić information content (AvgIpc) is 2.64. The summed E-state index contributed by atoms with van der Waals surface area (Å²) in [4.78, 5) is 0. The second-order valence-electron chi connectivity index (χ2n) is 4.23. The molecule has 0 aromatic heterocycles. The fourth-order valence-electron chi connectivity index (χ4n) is 1.50. The van der Waals surface area contributed by atoms with E-state index in [1.165, 1.54) is 0 Å². The Bertz CT molecular complexity index is 958. The molecule has 0 heterocycles. The van der Waals surface area contributed by atoms with Crippen molar-refractivity contribution in [2.24, 2.45) is 0 Å². The molecule has 0 heteroatoms. The summed E-state index contributed by atoms with van der Waals surface area (Å²) in [6, 6.07) is 19.3. The van der Waals surface area contributed by atoms with Gasteiger partial charge in [-0.1, -0.05) is 48.2 Å². The van der Waals surface area contributed by atoms with Crippen molar-refractivity contribution in [2.45, 2.75) is 0 Å². The van der Waals surface area contributed by atoms with E-state index in [9.17, 15) is 0 Å². The molecule has 0 aliphatic carbocycles. The van der Waals surface area contributed by atoms with Crippen LogP contribution >= 0.6 is 0 Å². The molecule has 2 aromatic carbocycles. The van der Waals surface area contributed by atoms with E-state index in [2.05, 4.69) is 71.0 Å². The van der Waals surface area contributed by atoms with Crippen LogP contribution in [0.15, 0.2) is 60.7 Å². The summed E-state index contributed by atoms with van der Waals surface area (Å²) in [5, 5.41) is 0. The second kappa shape index (κ2) is 10.5. The van der Waals surface area contributed by atoms with Crippen LogP contribution in [-0.4, -0.2) is 0 Å². The van der Waals surface area contributed by atoms with E-state index in [4.69, 9.17) is 0 Å². The number of hydrogen-bond acceptors (Lipinski definition) is 0. The highest BCUT2D eigenvalue weighted by Crippen LogP contribution is 1.94. The Hall–Kier alpha value is -4.20. The second-order valence-corrected chi connectivity index (χ2v) is 4.23. The Balaban J connectivity index is 1.83. The van der Waals surface area contributed by atoms with Gasteiger partial charge < -0.3 is 0 Å². The maximum atomic E-state index is 2.92. The molecule has 0 spiro atoms. The molecule has 0 amide bonds. The van der Waals surface area contributed by atoms with Gasteiger partial charge in [-0.05, 0) is 83.5 Å². The number of hydrogen-bond donors (Lipinski definition) is 0. The Morgan fingerprint density at radius 3 is 0.958 bits per heavy atom. The van der Waals surface area contributed by atoms with Crippen molar-refractivity contribution in [1.29, 1.82) is 0 Å². The van der Waals surface area contributed by atoms with Crippen molar-refractivity contribution < 1.29 is 0 Å². The minimum Gasteiger partial charge on any atom is -0.0622 e. The topological polar surface area (TPSA) is 0 Å². The standard InChI is InChI=1S/C24H10/c1(3-5-7-11-17-23-19-13-9-14-20-23)2-4-6-8-12-18-24-21-15-10-16-22-24/h9-10,13-16,19-22H/i17+1,18+1. The molecule has 0 aliphatic heterocycles. The zero-order valence-corrected chi connectivity index (χ0v) is 12.8. The van der Waals surface area contributed by atoms with Gasteiger partial charge >= 0.3 is 0 Å². The van der Waals surface area contributed by atoms with Gasteiger partial charge in [0.1, 0.15) is 0 Å². The lowest BCUT2D eigenvalue weighted by Crippen LogP contribution is -1.68. The largest absolute Gasteiger partial charge is 0.0622 e. The van der Waals surface area contributed by atoms with E-state index in [1.807, 2.05) is 60.7 Å². The molecule has 106 valence electrons. The van der Waals surface area contributed by atoms with E-state index in [0.29, 0.717) is 0 Å². The van der Waals surface area contributed by atoms with E-state index >= 15 is 0 Å². The van der Waals surface area contributed by atoms with Crippen molar-refractivity contribution in [3.63, 3.8) is 0 Å². The Morgan fingerprint density at radius 2 is 0.625 bits per heavy atom. The molecule has 0 bridgehead atoms. The molecule has 0 radical (unpaired) electrons. The van der Waals surface area contributed by atoms with Gasteiger partial charge in [-0.3, -0.25) is 0 Å². The van der Waals surface area contributed by atoms with Crippen molar-refractivity contribution in [3.8, 4) is 71.0 Å². The first-order valence-electron chi connectivity index (χ1n) is 7.07. The first kappa shape index (κ1) is 16.2. The molecule has 0 atom stereocenters. The van der Waals surface area contributed by atoms with Gasteiger partial charge in [0.05, 0.1) is 0 Å². The highest BCUT2D eigenvalue weighted by molar-refractivity contribution is 5.47. The van der Waals surface area contributed by atoms with Gasteiger partial charge in [-0.2, -0.15) is 0 Å². The fourth-order valence-corrected chi connectivity index (χ4v) is 1.50. The molecule has 24 heavy (non-hydrogen) atoms. The Labute approximate surface area is 143 Å². The zero-order chi connectivity index (χ0) is 16.7.